The number of rotatable bonds is 7. The summed E-state index contributed by atoms with van der Waals surface area (Å²) in [7, 11) is 0. The molecule has 0 fully saturated rings. The summed E-state index contributed by atoms with van der Waals surface area (Å²) < 4.78 is 4.98. The molecule has 57 heavy (non-hydrogen) atoms. The zero-order chi connectivity index (χ0) is 38.1. The van der Waals surface area contributed by atoms with Crippen molar-refractivity contribution in [1.82, 2.24) is 4.57 Å². The van der Waals surface area contributed by atoms with Gasteiger partial charge in [0, 0.05) is 47.8 Å². The third kappa shape index (κ3) is 6.44. The van der Waals surface area contributed by atoms with Crippen molar-refractivity contribution in [3.05, 3.63) is 211 Å². The summed E-state index contributed by atoms with van der Waals surface area (Å²) in [6.07, 6.45) is 0. The van der Waals surface area contributed by atoms with Gasteiger partial charge >= 0.3 is 0 Å². The van der Waals surface area contributed by atoms with Crippen LogP contribution in [0.4, 0.5) is 0 Å². The molecule has 10 rings (SSSR count). The van der Waals surface area contributed by atoms with E-state index in [1.165, 1.54) is 42.1 Å². The molecule has 0 saturated heterocycles. The molecule has 0 saturated carbocycles. The molecule has 0 N–H and O–H groups in total. The van der Waals surface area contributed by atoms with Crippen molar-refractivity contribution in [1.29, 1.82) is 0 Å². The highest BCUT2D eigenvalue weighted by Crippen LogP contribution is 2.42. The topological polar surface area (TPSA) is 42.0 Å². The van der Waals surface area contributed by atoms with Gasteiger partial charge in [-0.1, -0.05) is 152 Å². The molecule has 0 atom stereocenters. The zero-order valence-electron chi connectivity index (χ0n) is 31.1. The van der Waals surface area contributed by atoms with E-state index in [0.717, 1.165) is 44.5 Å². The van der Waals surface area contributed by atoms with Crippen molar-refractivity contribution < 1.29 is 0 Å². The molecule has 4 nitrogen and oxygen atoms in total. The first kappa shape index (κ1) is 34.3. The van der Waals surface area contributed by atoms with E-state index in [2.05, 4.69) is 162 Å². The largest absolute Gasteiger partial charge is 0.309 e. The fourth-order valence-electron chi connectivity index (χ4n) is 7.88. The summed E-state index contributed by atoms with van der Waals surface area (Å²) in [6.45, 7) is 4.42. The summed E-state index contributed by atoms with van der Waals surface area (Å²) in [5.41, 5.74) is 10.9. The van der Waals surface area contributed by atoms with Gasteiger partial charge in [-0.3, -0.25) is 4.99 Å². The molecule has 0 radical (unpaired) electrons. The fourth-order valence-corrected chi connectivity index (χ4v) is 9.12. The maximum Gasteiger partial charge on any atom is 0.161 e. The Morgan fingerprint density at radius 3 is 2.00 bits per heavy atom. The smallest absolute Gasteiger partial charge is 0.161 e. The van der Waals surface area contributed by atoms with Crippen LogP contribution in [0, 0.1) is 0 Å². The Morgan fingerprint density at radius 2 is 1.16 bits per heavy atom. The van der Waals surface area contributed by atoms with Crippen LogP contribution in [-0.4, -0.2) is 23.0 Å². The van der Waals surface area contributed by atoms with E-state index in [4.69, 9.17) is 9.98 Å². The third-order valence-corrected chi connectivity index (χ3v) is 11.8. The fraction of sp³-hybridized carbons (Fsp3) is 0.0192. The molecular weight excluding hydrogens is 713 g/mol. The van der Waals surface area contributed by atoms with Crippen molar-refractivity contribution in [2.45, 2.75) is 6.54 Å². The molecule has 2 heterocycles. The zero-order valence-corrected chi connectivity index (χ0v) is 31.9. The maximum absolute atomic E-state index is 5.15. The Kier molecular flexibility index (Phi) is 8.90. The van der Waals surface area contributed by atoms with Gasteiger partial charge in [0.1, 0.15) is 0 Å². The van der Waals surface area contributed by atoms with Crippen molar-refractivity contribution in [3.8, 4) is 27.9 Å². The predicted molar refractivity (Wildman–Crippen MR) is 244 cm³/mol. The highest BCUT2D eigenvalue weighted by Gasteiger charge is 2.17. The lowest BCUT2D eigenvalue weighted by molar-refractivity contribution is 1.06. The molecule has 0 aliphatic rings. The van der Waals surface area contributed by atoms with Crippen molar-refractivity contribution in [2.24, 2.45) is 15.0 Å². The minimum absolute atomic E-state index is 0.475. The first-order valence-corrected chi connectivity index (χ1v) is 19.9. The number of aromatic nitrogens is 1. The number of benzene rings is 8. The van der Waals surface area contributed by atoms with E-state index in [-0.39, 0.29) is 0 Å². The molecule has 0 spiro atoms. The molecule has 0 aliphatic carbocycles. The third-order valence-electron chi connectivity index (χ3n) is 10.6. The van der Waals surface area contributed by atoms with Crippen LogP contribution in [0.1, 0.15) is 16.7 Å². The van der Waals surface area contributed by atoms with E-state index < -0.39 is 0 Å². The Hall–Kier alpha value is -7.21. The summed E-state index contributed by atoms with van der Waals surface area (Å²) in [6, 6.07) is 68.4. The quantitative estimate of drug-likeness (QED) is 0.115. The summed E-state index contributed by atoms with van der Waals surface area (Å²) in [5.74, 6) is 1.11. The van der Waals surface area contributed by atoms with Gasteiger partial charge in [-0.2, -0.15) is 0 Å². The molecule has 270 valence electrons. The number of nitrogens with zero attached hydrogens (tertiary/aromatic N) is 4. The van der Waals surface area contributed by atoms with Gasteiger partial charge in [0.2, 0.25) is 0 Å². The number of amidine groups is 2. The summed E-state index contributed by atoms with van der Waals surface area (Å²) in [4.78, 5) is 14.7. The Labute approximate surface area is 335 Å². The second-order valence-corrected chi connectivity index (χ2v) is 15.1. The molecule has 0 bridgehead atoms. The number of aliphatic imine (C=N–C) groups is 3. The van der Waals surface area contributed by atoms with Gasteiger partial charge in [-0.25, -0.2) is 9.98 Å². The summed E-state index contributed by atoms with van der Waals surface area (Å²) >= 11 is 1.87. The van der Waals surface area contributed by atoms with Gasteiger partial charge in [-0.05, 0) is 77.0 Å². The maximum atomic E-state index is 5.15. The molecule has 10 aromatic rings. The minimum atomic E-state index is 0.475. The Balaban J connectivity index is 1.10. The average molecular weight is 749 g/mol. The van der Waals surface area contributed by atoms with Gasteiger partial charge in [0.15, 0.2) is 11.7 Å². The number of hydrogen-bond donors (Lipinski definition) is 0. The number of thiophene rings is 1. The van der Waals surface area contributed by atoms with Gasteiger partial charge in [0.05, 0.1) is 17.6 Å². The van der Waals surface area contributed by atoms with E-state index in [9.17, 15) is 0 Å². The van der Waals surface area contributed by atoms with E-state index in [1.54, 1.807) is 0 Å². The molecule has 8 aromatic carbocycles. The lowest BCUT2D eigenvalue weighted by Crippen LogP contribution is -2.07. The van der Waals surface area contributed by atoms with E-state index in [1.807, 2.05) is 59.9 Å². The lowest BCUT2D eigenvalue weighted by atomic mass is 10.0. The van der Waals surface area contributed by atoms with Crippen LogP contribution in [0.15, 0.2) is 209 Å². The minimum Gasteiger partial charge on any atom is -0.309 e. The molecule has 0 unspecified atom stereocenters. The standard InChI is InChI=1S/C52H36N4S/c1-53-51(39-20-12-19-37(31-39)36-17-6-3-7-18-36)55-52(54-34-35-15-4-2-5-16-35)40-21-13-22-41(32-40)56-47-27-10-8-23-43(47)46-33-38(29-30-48(46)56)42-25-14-26-45-44-24-9-11-28-49(44)57-50(42)45/h2-33H,1,34H2/b54-52-,55-51-. The SMILES string of the molecule is C=N/C(=N\C(=N/Cc1ccccc1)c1cccc(-n2c3ccccc3c3cc(-c4cccc5c4sc4ccccc45)ccc32)c1)c1cccc(-c2ccccc2)c1. The molecule has 5 heteroatoms. The van der Waals surface area contributed by atoms with Gasteiger partial charge in [0.25, 0.3) is 0 Å². The molecular formula is C52H36N4S. The summed E-state index contributed by atoms with van der Waals surface area (Å²) in [5, 5.41) is 5.03. The van der Waals surface area contributed by atoms with Crippen LogP contribution in [-0.2, 0) is 6.54 Å². The van der Waals surface area contributed by atoms with Crippen LogP contribution in [0.2, 0.25) is 0 Å². The Bertz CT molecular complexity index is 3170. The van der Waals surface area contributed by atoms with Crippen molar-refractivity contribution in [2.75, 3.05) is 0 Å². The predicted octanol–water partition coefficient (Wildman–Crippen LogP) is 13.6. The number of para-hydroxylation sites is 1. The van der Waals surface area contributed by atoms with Crippen molar-refractivity contribution in [3.63, 3.8) is 0 Å². The van der Waals surface area contributed by atoms with Crippen LogP contribution in [0.25, 0.3) is 69.9 Å². The first-order valence-electron chi connectivity index (χ1n) is 19.1. The van der Waals surface area contributed by atoms with Crippen LogP contribution >= 0.6 is 11.3 Å². The highest BCUT2D eigenvalue weighted by atomic mass is 32.1. The monoisotopic (exact) mass is 748 g/mol. The second kappa shape index (κ2) is 14.8. The van der Waals surface area contributed by atoms with E-state index in [0.29, 0.717) is 18.2 Å². The lowest BCUT2D eigenvalue weighted by Gasteiger charge is -2.12. The number of fused-ring (bicyclic) bond motifs is 6. The molecule has 2 aromatic heterocycles. The first-order chi connectivity index (χ1) is 28.2. The highest BCUT2D eigenvalue weighted by molar-refractivity contribution is 7.26. The molecule has 0 amide bonds. The molecule has 0 aliphatic heterocycles. The number of hydrogen-bond acceptors (Lipinski definition) is 2. The van der Waals surface area contributed by atoms with Crippen LogP contribution in [0.3, 0.4) is 0 Å². The van der Waals surface area contributed by atoms with Gasteiger partial charge < -0.3 is 4.57 Å². The normalized spacial score (nSPS) is 12.2. The van der Waals surface area contributed by atoms with Crippen molar-refractivity contribution >= 4 is 71.7 Å². The van der Waals surface area contributed by atoms with E-state index >= 15 is 0 Å². The van der Waals surface area contributed by atoms with Gasteiger partial charge in [-0.15, -0.1) is 11.3 Å². The van der Waals surface area contributed by atoms with Crippen LogP contribution in [0.5, 0.6) is 0 Å². The van der Waals surface area contributed by atoms with Crippen LogP contribution < -0.4 is 0 Å². The average Bonchev–Trinajstić information content (AvgIpc) is 3.83. The second-order valence-electron chi connectivity index (χ2n) is 14.1. The Morgan fingerprint density at radius 1 is 0.491 bits per heavy atom.